The van der Waals surface area contributed by atoms with Crippen LogP contribution in [0.25, 0.3) is 21.8 Å². The van der Waals surface area contributed by atoms with Gasteiger partial charge in [0.1, 0.15) is 11.3 Å². The molecule has 0 bridgehead atoms. The lowest BCUT2D eigenvalue weighted by atomic mass is 10.2. The Morgan fingerprint density at radius 3 is 2.62 bits per heavy atom. The van der Waals surface area contributed by atoms with Crippen LogP contribution in [0.2, 0.25) is 0 Å². The monoisotopic (exact) mass is 345 g/mol. The molecule has 0 unspecified atom stereocenters. The van der Waals surface area contributed by atoms with Gasteiger partial charge >= 0.3 is 0 Å². The fourth-order valence-electron chi connectivity index (χ4n) is 2.72. The summed E-state index contributed by atoms with van der Waals surface area (Å²) in [6.07, 6.45) is 0.0986. The number of para-hydroxylation sites is 1. The van der Waals surface area contributed by atoms with Crippen molar-refractivity contribution < 1.29 is 4.79 Å². The SMILES string of the molecule is O=C(CCn1nnc2ccccc2c1=O)Nc1ccc2ccccc2n1. The second-order valence-corrected chi connectivity index (χ2v) is 5.82. The molecule has 0 radical (unpaired) electrons. The summed E-state index contributed by atoms with van der Waals surface area (Å²) in [5.74, 6) is 0.236. The van der Waals surface area contributed by atoms with Crippen molar-refractivity contribution in [2.45, 2.75) is 13.0 Å². The molecule has 0 fully saturated rings. The topological polar surface area (TPSA) is 89.8 Å². The van der Waals surface area contributed by atoms with E-state index in [-0.39, 0.29) is 24.4 Å². The number of nitrogens with one attached hydrogen (secondary N) is 1. The smallest absolute Gasteiger partial charge is 0.277 e. The first kappa shape index (κ1) is 15.9. The molecule has 1 amide bonds. The van der Waals surface area contributed by atoms with Crippen molar-refractivity contribution in [1.29, 1.82) is 0 Å². The molecule has 26 heavy (non-hydrogen) atoms. The lowest BCUT2D eigenvalue weighted by Gasteiger charge is -2.07. The number of pyridine rings is 1. The highest BCUT2D eigenvalue weighted by atomic mass is 16.2. The number of benzene rings is 2. The molecule has 0 atom stereocenters. The number of amides is 1. The Hall–Kier alpha value is -3.61. The summed E-state index contributed by atoms with van der Waals surface area (Å²) in [6, 6.07) is 18.3. The molecule has 7 nitrogen and oxygen atoms in total. The fraction of sp³-hybridized carbons (Fsp3) is 0.105. The summed E-state index contributed by atoms with van der Waals surface area (Å²) in [5.41, 5.74) is 1.09. The van der Waals surface area contributed by atoms with Gasteiger partial charge in [-0.1, -0.05) is 35.5 Å². The highest BCUT2D eigenvalue weighted by Gasteiger charge is 2.08. The van der Waals surface area contributed by atoms with Gasteiger partial charge in [0, 0.05) is 11.8 Å². The zero-order valence-electron chi connectivity index (χ0n) is 13.8. The molecule has 1 N–H and O–H groups in total. The van der Waals surface area contributed by atoms with Crippen LogP contribution in [0.3, 0.4) is 0 Å². The Balaban J connectivity index is 1.46. The minimum atomic E-state index is -0.257. The van der Waals surface area contributed by atoms with E-state index in [0.717, 1.165) is 10.9 Å². The number of nitrogens with zero attached hydrogens (tertiary/aromatic N) is 4. The van der Waals surface area contributed by atoms with E-state index >= 15 is 0 Å². The van der Waals surface area contributed by atoms with Gasteiger partial charge in [-0.2, -0.15) is 0 Å². The third-order valence-electron chi connectivity index (χ3n) is 4.05. The quantitative estimate of drug-likeness (QED) is 0.613. The number of aryl methyl sites for hydroxylation is 1. The van der Waals surface area contributed by atoms with Crippen LogP contribution >= 0.6 is 0 Å². The van der Waals surface area contributed by atoms with Gasteiger partial charge < -0.3 is 5.32 Å². The first-order valence-electron chi connectivity index (χ1n) is 8.19. The summed E-state index contributed by atoms with van der Waals surface area (Å²) in [6.45, 7) is 0.149. The summed E-state index contributed by atoms with van der Waals surface area (Å²) >= 11 is 0. The van der Waals surface area contributed by atoms with Crippen LogP contribution in [0.5, 0.6) is 0 Å². The molecule has 2 aromatic heterocycles. The molecule has 0 aliphatic rings. The van der Waals surface area contributed by atoms with E-state index in [0.29, 0.717) is 16.7 Å². The second-order valence-electron chi connectivity index (χ2n) is 5.82. The van der Waals surface area contributed by atoms with Gasteiger partial charge in [-0.3, -0.25) is 9.59 Å². The highest BCUT2D eigenvalue weighted by molar-refractivity contribution is 5.91. The number of rotatable bonds is 4. The van der Waals surface area contributed by atoms with Crippen LogP contribution in [0.4, 0.5) is 5.82 Å². The molecule has 0 aliphatic carbocycles. The predicted octanol–water partition coefficient (Wildman–Crippen LogP) is 2.37. The normalized spacial score (nSPS) is 10.9. The Kier molecular flexibility index (Phi) is 4.10. The maximum absolute atomic E-state index is 12.4. The number of carbonyl (C=O) groups is 1. The summed E-state index contributed by atoms with van der Waals surface area (Å²) < 4.78 is 1.20. The van der Waals surface area contributed by atoms with Crippen LogP contribution in [0.15, 0.2) is 65.5 Å². The maximum Gasteiger partial charge on any atom is 0.277 e. The van der Waals surface area contributed by atoms with E-state index in [1.54, 1.807) is 30.3 Å². The molecule has 128 valence electrons. The van der Waals surface area contributed by atoms with Gasteiger partial charge in [0.25, 0.3) is 5.56 Å². The number of hydrogen-bond donors (Lipinski definition) is 1. The van der Waals surface area contributed by atoms with Crippen LogP contribution < -0.4 is 10.9 Å². The lowest BCUT2D eigenvalue weighted by molar-refractivity contribution is -0.116. The van der Waals surface area contributed by atoms with Crippen LogP contribution in [0, 0.1) is 0 Å². The number of hydrogen-bond acceptors (Lipinski definition) is 5. The van der Waals surface area contributed by atoms with E-state index in [1.807, 2.05) is 30.3 Å². The summed E-state index contributed by atoms with van der Waals surface area (Å²) in [7, 11) is 0. The van der Waals surface area contributed by atoms with Crippen molar-refractivity contribution in [3.8, 4) is 0 Å². The second kappa shape index (κ2) is 6.72. The number of anilines is 1. The average molecular weight is 345 g/mol. The van der Waals surface area contributed by atoms with Crippen LogP contribution in [-0.2, 0) is 11.3 Å². The minimum Gasteiger partial charge on any atom is -0.311 e. The largest absolute Gasteiger partial charge is 0.311 e. The van der Waals surface area contributed by atoms with Crippen molar-refractivity contribution in [3.63, 3.8) is 0 Å². The van der Waals surface area contributed by atoms with Crippen molar-refractivity contribution in [1.82, 2.24) is 20.0 Å². The molecule has 0 aliphatic heterocycles. The van der Waals surface area contributed by atoms with Crippen molar-refractivity contribution in [3.05, 3.63) is 71.0 Å². The first-order valence-corrected chi connectivity index (χ1v) is 8.19. The molecule has 4 aromatic rings. The molecule has 4 rings (SSSR count). The van der Waals surface area contributed by atoms with Gasteiger partial charge in [0.05, 0.1) is 17.4 Å². The van der Waals surface area contributed by atoms with Gasteiger partial charge in [0.15, 0.2) is 0 Å². The third kappa shape index (κ3) is 3.14. The van der Waals surface area contributed by atoms with E-state index in [1.165, 1.54) is 4.68 Å². The van der Waals surface area contributed by atoms with Gasteiger partial charge in [-0.25, -0.2) is 9.67 Å². The molecular weight excluding hydrogens is 330 g/mol. The number of aromatic nitrogens is 4. The molecular formula is C19H15N5O2. The zero-order valence-corrected chi connectivity index (χ0v) is 13.8. The molecule has 2 aromatic carbocycles. The molecule has 2 heterocycles. The van der Waals surface area contributed by atoms with E-state index in [2.05, 4.69) is 20.6 Å². The molecule has 7 heteroatoms. The van der Waals surface area contributed by atoms with E-state index in [9.17, 15) is 9.59 Å². The zero-order chi connectivity index (χ0) is 17.9. The highest BCUT2D eigenvalue weighted by Crippen LogP contribution is 2.14. The maximum atomic E-state index is 12.4. The lowest BCUT2D eigenvalue weighted by Crippen LogP contribution is -2.26. The number of fused-ring (bicyclic) bond motifs is 2. The number of carbonyl (C=O) groups excluding carboxylic acids is 1. The fourth-order valence-corrected chi connectivity index (χ4v) is 2.72. The molecule has 0 spiro atoms. The predicted molar refractivity (Wildman–Crippen MR) is 98.8 cm³/mol. The third-order valence-corrected chi connectivity index (χ3v) is 4.05. The van der Waals surface area contributed by atoms with E-state index < -0.39 is 0 Å². The van der Waals surface area contributed by atoms with Gasteiger partial charge in [-0.05, 0) is 30.3 Å². The first-order chi connectivity index (χ1) is 12.7. The van der Waals surface area contributed by atoms with Gasteiger partial charge in [-0.15, -0.1) is 5.10 Å². The summed E-state index contributed by atoms with van der Waals surface area (Å²) in [4.78, 5) is 28.9. The minimum absolute atomic E-state index is 0.0986. The molecule has 0 saturated carbocycles. The van der Waals surface area contributed by atoms with E-state index in [4.69, 9.17) is 0 Å². The molecule has 0 saturated heterocycles. The van der Waals surface area contributed by atoms with Crippen molar-refractivity contribution in [2.75, 3.05) is 5.32 Å². The standard InChI is InChI=1S/C19H15N5O2/c25-18(21-17-10-9-13-5-1-3-7-15(13)20-17)11-12-24-19(26)14-6-2-4-8-16(14)22-23-24/h1-10H,11-12H2,(H,20,21,25). The Labute approximate surface area is 148 Å². The Morgan fingerprint density at radius 2 is 1.73 bits per heavy atom. The summed E-state index contributed by atoms with van der Waals surface area (Å²) in [5, 5.41) is 12.1. The Morgan fingerprint density at radius 1 is 0.962 bits per heavy atom. The van der Waals surface area contributed by atoms with Crippen molar-refractivity contribution in [2.24, 2.45) is 0 Å². The average Bonchev–Trinajstić information content (AvgIpc) is 2.67. The van der Waals surface area contributed by atoms with Crippen LogP contribution in [-0.4, -0.2) is 25.9 Å². The Bertz CT molecular complexity index is 1170. The van der Waals surface area contributed by atoms with Gasteiger partial charge in [0.2, 0.25) is 5.91 Å². The van der Waals surface area contributed by atoms with Crippen molar-refractivity contribution >= 4 is 33.5 Å². The van der Waals surface area contributed by atoms with Crippen LogP contribution in [0.1, 0.15) is 6.42 Å².